The number of likely N-dealkylation sites (tertiary alicyclic amines) is 1. The van der Waals surface area contributed by atoms with Gasteiger partial charge in [-0.2, -0.15) is 0 Å². The Kier molecular flexibility index (Phi) is 16.0. The molecule has 1 fully saturated rings. The van der Waals surface area contributed by atoms with Crippen LogP contribution in [-0.2, 0) is 4.74 Å². The average Bonchev–Trinajstić information content (AvgIpc) is 2.77. The molecule has 0 saturated carbocycles. The fourth-order valence-corrected chi connectivity index (χ4v) is 3.63. The molecule has 3 aliphatic heterocycles. The number of aliphatic imine (C=N–C) groups is 2. The minimum Gasteiger partial charge on any atom is -0.477 e. The van der Waals surface area contributed by atoms with Crippen molar-refractivity contribution in [1.82, 2.24) is 9.80 Å². The quantitative estimate of drug-likeness (QED) is 0.377. The molecule has 3 rings (SSSR count). The number of ether oxygens (including phenoxy) is 1. The zero-order chi connectivity index (χ0) is 26.4. The first kappa shape index (κ1) is 32.9. The molecule has 1 spiro atoms. The van der Waals surface area contributed by atoms with Crippen molar-refractivity contribution in [2.75, 3.05) is 64.9 Å². The Bertz CT molecular complexity index is 703. The third kappa shape index (κ3) is 11.5. The number of rotatable bonds is 3. The highest BCUT2D eigenvalue weighted by Gasteiger charge is 2.44. The van der Waals surface area contributed by atoms with Gasteiger partial charge in [0.25, 0.3) is 0 Å². The normalized spacial score (nSPS) is 20.6. The second kappa shape index (κ2) is 16.5. The molecule has 0 aromatic carbocycles. The average molecular weight is 591 g/mol. The van der Waals surface area contributed by atoms with Gasteiger partial charge in [-0.15, -0.1) is 0 Å². The van der Waals surface area contributed by atoms with Gasteiger partial charge in [-0.3, -0.25) is 14.9 Å². The number of nitrogens with zero attached hydrogens (tertiary/aromatic N) is 4. The van der Waals surface area contributed by atoms with E-state index in [1.807, 2.05) is 11.0 Å². The van der Waals surface area contributed by atoms with E-state index >= 15 is 0 Å². The summed E-state index contributed by atoms with van der Waals surface area (Å²) in [5.41, 5.74) is 14.9. The van der Waals surface area contributed by atoms with E-state index in [9.17, 15) is 0 Å². The van der Waals surface area contributed by atoms with Crippen molar-refractivity contribution in [1.29, 1.82) is 0 Å². The molecular formula is C26H51IN6O. The van der Waals surface area contributed by atoms with E-state index < -0.39 is 0 Å². The monoisotopic (exact) mass is 590 g/mol. The molecule has 0 aliphatic carbocycles. The first-order valence-corrected chi connectivity index (χ1v) is 14.5. The van der Waals surface area contributed by atoms with Crippen LogP contribution in [0.3, 0.4) is 0 Å². The van der Waals surface area contributed by atoms with Crippen molar-refractivity contribution < 1.29 is 4.74 Å². The number of hydrogen-bond donors (Lipinski definition) is 2. The topological polar surface area (TPSA) is 92.5 Å². The summed E-state index contributed by atoms with van der Waals surface area (Å²) in [4.78, 5) is 15.5. The smallest absolute Gasteiger partial charge is 0.213 e. The van der Waals surface area contributed by atoms with Gasteiger partial charge in [0.15, 0.2) is 0 Å². The number of alkyl halides is 1. The summed E-state index contributed by atoms with van der Waals surface area (Å²) >= 11 is 2.15. The molecule has 0 amide bonds. The molecular weight excluding hydrogens is 539 g/mol. The van der Waals surface area contributed by atoms with Gasteiger partial charge < -0.3 is 21.1 Å². The van der Waals surface area contributed by atoms with Crippen molar-refractivity contribution in [2.45, 2.75) is 54.4 Å². The van der Waals surface area contributed by atoms with Gasteiger partial charge in [0.05, 0.1) is 25.4 Å². The molecule has 198 valence electrons. The van der Waals surface area contributed by atoms with E-state index in [2.05, 4.69) is 98.0 Å². The van der Waals surface area contributed by atoms with Crippen LogP contribution in [0.4, 0.5) is 0 Å². The van der Waals surface area contributed by atoms with E-state index in [4.69, 9.17) is 16.2 Å². The number of halogens is 1. The molecule has 0 radical (unpaired) electrons. The molecule has 0 bridgehead atoms. The van der Waals surface area contributed by atoms with Crippen molar-refractivity contribution >= 4 is 34.2 Å². The summed E-state index contributed by atoms with van der Waals surface area (Å²) in [7, 11) is 4.23. The molecule has 0 atom stereocenters. The Hall–Kier alpha value is -1.13. The van der Waals surface area contributed by atoms with E-state index in [1.165, 1.54) is 6.42 Å². The summed E-state index contributed by atoms with van der Waals surface area (Å²) in [5, 5.41) is 0. The van der Waals surface area contributed by atoms with Crippen LogP contribution in [0.5, 0.6) is 0 Å². The van der Waals surface area contributed by atoms with Gasteiger partial charge in [0.1, 0.15) is 0 Å². The summed E-state index contributed by atoms with van der Waals surface area (Å²) in [5.74, 6) is 0.750. The summed E-state index contributed by atoms with van der Waals surface area (Å²) < 4.78 is 5.70. The third-order valence-corrected chi connectivity index (χ3v) is 5.56. The fourth-order valence-electron chi connectivity index (χ4n) is 3.63. The van der Waals surface area contributed by atoms with Gasteiger partial charge in [-0.25, -0.2) is 0 Å². The Balaban J connectivity index is 0.000000540. The number of allylic oxidation sites excluding steroid dienone is 1. The van der Waals surface area contributed by atoms with Gasteiger partial charge in [-0.05, 0) is 31.5 Å². The fraction of sp³-hybridized carbons (Fsp3) is 0.769. The first-order valence-electron chi connectivity index (χ1n) is 12.3. The van der Waals surface area contributed by atoms with Crippen molar-refractivity contribution in [3.63, 3.8) is 0 Å². The third-order valence-electron chi connectivity index (χ3n) is 5.56. The minimum absolute atomic E-state index is 0.0402. The van der Waals surface area contributed by atoms with Gasteiger partial charge in [-0.1, -0.05) is 70.6 Å². The van der Waals surface area contributed by atoms with Crippen molar-refractivity contribution in [3.8, 4) is 0 Å². The second-order valence-corrected chi connectivity index (χ2v) is 10.3. The SMILES string of the molecule is CC/C(=C/N)C1=NCC2(CO1)CN(C)C2.CCC.CI.CN1CCN=C(/C=C(\N)C(C)(C)C)C1. The molecule has 1 saturated heterocycles. The Morgan fingerprint density at radius 1 is 1.12 bits per heavy atom. The summed E-state index contributed by atoms with van der Waals surface area (Å²) in [6.45, 7) is 19.4. The standard InChI is InChI=1S/C11H19N3O.C11H21N3.C3H8.CH3I/c1-3-9(4-12)10-13-5-11(8-15-10)6-14(2)7-11;1-11(2,3)10(12)7-9-8-14(4)6-5-13-9;1-3-2;1-2/h4H,3,5-8,12H2,1-2H3;7H,5-6,8,12H2,1-4H3;3H2,1-2H3;1H3/b9-4-;10-7-;;. The predicted molar refractivity (Wildman–Crippen MR) is 158 cm³/mol. The maximum Gasteiger partial charge on any atom is 0.213 e. The lowest BCUT2D eigenvalue weighted by Gasteiger charge is -2.49. The Morgan fingerprint density at radius 3 is 2.09 bits per heavy atom. The highest BCUT2D eigenvalue weighted by atomic mass is 127. The molecule has 34 heavy (non-hydrogen) atoms. The van der Waals surface area contributed by atoms with Crippen LogP contribution in [0.15, 0.2) is 33.5 Å². The van der Waals surface area contributed by atoms with Crippen LogP contribution in [0.25, 0.3) is 0 Å². The maximum atomic E-state index is 5.99. The number of hydrogen-bond acceptors (Lipinski definition) is 7. The minimum atomic E-state index is 0.0402. The van der Waals surface area contributed by atoms with Crippen LogP contribution >= 0.6 is 22.6 Å². The van der Waals surface area contributed by atoms with E-state index in [0.29, 0.717) is 0 Å². The molecule has 3 aliphatic rings. The maximum absolute atomic E-state index is 5.99. The molecule has 3 heterocycles. The Morgan fingerprint density at radius 2 is 1.71 bits per heavy atom. The number of likely N-dealkylation sites (N-methyl/N-ethyl adjacent to an activating group) is 1. The molecule has 0 aromatic rings. The lowest BCUT2D eigenvalue weighted by molar-refractivity contribution is -0.0222. The lowest BCUT2D eigenvalue weighted by atomic mass is 9.80. The first-order chi connectivity index (χ1) is 16.0. The second-order valence-electron chi connectivity index (χ2n) is 10.3. The van der Waals surface area contributed by atoms with Crippen molar-refractivity contribution in [2.24, 2.45) is 32.3 Å². The van der Waals surface area contributed by atoms with Gasteiger partial charge in [0, 0.05) is 54.5 Å². The van der Waals surface area contributed by atoms with E-state index in [0.717, 1.165) is 75.2 Å². The van der Waals surface area contributed by atoms with Crippen LogP contribution in [0, 0.1) is 10.8 Å². The highest BCUT2D eigenvalue weighted by molar-refractivity contribution is 14.1. The molecule has 0 unspecified atom stereocenters. The highest BCUT2D eigenvalue weighted by Crippen LogP contribution is 2.33. The van der Waals surface area contributed by atoms with Crippen LogP contribution in [0.1, 0.15) is 54.4 Å². The van der Waals surface area contributed by atoms with Gasteiger partial charge in [0.2, 0.25) is 5.90 Å². The van der Waals surface area contributed by atoms with Crippen LogP contribution in [-0.4, -0.2) is 86.3 Å². The van der Waals surface area contributed by atoms with Crippen molar-refractivity contribution in [3.05, 3.63) is 23.5 Å². The van der Waals surface area contributed by atoms with Crippen LogP contribution in [0.2, 0.25) is 0 Å². The van der Waals surface area contributed by atoms with Gasteiger partial charge >= 0.3 is 0 Å². The Labute approximate surface area is 223 Å². The summed E-state index contributed by atoms with van der Waals surface area (Å²) in [6, 6.07) is 0. The largest absolute Gasteiger partial charge is 0.477 e. The molecule has 4 N–H and O–H groups in total. The van der Waals surface area contributed by atoms with E-state index in [1.54, 1.807) is 6.20 Å². The van der Waals surface area contributed by atoms with E-state index in [-0.39, 0.29) is 10.8 Å². The summed E-state index contributed by atoms with van der Waals surface area (Å²) in [6.07, 6.45) is 5.75. The lowest BCUT2D eigenvalue weighted by Crippen LogP contribution is -2.60. The number of nitrogens with two attached hydrogens (primary N) is 2. The molecule has 7 nitrogen and oxygen atoms in total. The zero-order valence-corrected chi connectivity index (χ0v) is 25.4. The molecule has 8 heteroatoms. The predicted octanol–water partition coefficient (Wildman–Crippen LogP) is 4.33. The molecule has 0 aromatic heterocycles. The zero-order valence-electron chi connectivity index (χ0n) is 23.2. The van der Waals surface area contributed by atoms with Crippen LogP contribution < -0.4 is 11.5 Å².